The normalized spacial score (nSPS) is 15.9. The molecule has 1 aliphatic heterocycles. The van der Waals surface area contributed by atoms with Gasteiger partial charge in [-0.05, 0) is 80.8 Å². The number of nitrogens with one attached hydrogen (secondary N) is 2. The van der Waals surface area contributed by atoms with E-state index in [0.29, 0.717) is 0 Å². The number of likely N-dealkylation sites (tertiary alicyclic amines) is 1. The summed E-state index contributed by atoms with van der Waals surface area (Å²) < 4.78 is 0. The Kier molecular flexibility index (Phi) is 11.6. The van der Waals surface area contributed by atoms with Crippen LogP contribution in [0.2, 0.25) is 0 Å². The van der Waals surface area contributed by atoms with E-state index in [1.807, 2.05) is 128 Å². The lowest BCUT2D eigenvalue weighted by Gasteiger charge is -2.32. The van der Waals surface area contributed by atoms with Crippen LogP contribution in [0, 0.1) is 0 Å². The van der Waals surface area contributed by atoms with Crippen molar-refractivity contribution in [1.29, 1.82) is 0 Å². The summed E-state index contributed by atoms with van der Waals surface area (Å²) in [6, 6.07) is 35.8. The fraction of sp³-hybridized carbons (Fsp3) is 0.304. The van der Waals surface area contributed by atoms with E-state index in [1.165, 1.54) is 0 Å². The highest BCUT2D eigenvalue weighted by Gasteiger charge is 2.37. The number of amides is 2. The molecule has 1 saturated heterocycles. The number of carbonyl (C=O) groups is 2. The Balaban J connectivity index is 1.01. The standard InChI is InChI=1S/C46H52N8O2/c1-7-39(53(6)45(55)41(51(2)3)35-15-10-8-11-16-35)43-47-29-37(49-43)33-24-20-31(21-25-33)32-22-26-34(27-23-32)38-30-48-44(50-38)40-19-14-28-54(40)46(56)42(52(4)5)36-17-12-9-13-18-36/h8-13,15-18,20-27,29-30,39-42H,7,14,19,28H2,1-6H3,(H,47,49)(H,48,50)/t39-,40-,41+,42?/m0/s1. The highest BCUT2D eigenvalue weighted by atomic mass is 16.2. The maximum absolute atomic E-state index is 13.9. The van der Waals surface area contributed by atoms with Crippen molar-refractivity contribution in [3.8, 4) is 33.6 Å². The summed E-state index contributed by atoms with van der Waals surface area (Å²) in [4.78, 5) is 52.0. The molecule has 3 heterocycles. The zero-order chi connectivity index (χ0) is 39.3. The lowest BCUT2D eigenvalue weighted by atomic mass is 10.0. The van der Waals surface area contributed by atoms with E-state index in [-0.39, 0.29) is 36.0 Å². The molecule has 0 aliphatic carbocycles. The van der Waals surface area contributed by atoms with Crippen molar-refractivity contribution >= 4 is 11.8 Å². The second kappa shape index (κ2) is 16.9. The Morgan fingerprint density at radius 3 is 1.71 bits per heavy atom. The lowest BCUT2D eigenvalue weighted by molar-refractivity contribution is -0.138. The third kappa shape index (κ3) is 7.94. The maximum Gasteiger partial charge on any atom is 0.245 e. The van der Waals surface area contributed by atoms with Gasteiger partial charge in [-0.15, -0.1) is 0 Å². The van der Waals surface area contributed by atoms with Crippen LogP contribution in [0.15, 0.2) is 122 Å². The van der Waals surface area contributed by atoms with E-state index >= 15 is 0 Å². The first-order chi connectivity index (χ1) is 27.1. The Labute approximate surface area is 330 Å². The van der Waals surface area contributed by atoms with E-state index < -0.39 is 0 Å². The van der Waals surface area contributed by atoms with Crippen molar-refractivity contribution < 1.29 is 9.59 Å². The van der Waals surface area contributed by atoms with Gasteiger partial charge in [-0.1, -0.05) is 116 Å². The van der Waals surface area contributed by atoms with Crippen LogP contribution >= 0.6 is 0 Å². The third-order valence-corrected chi connectivity index (χ3v) is 11.0. The maximum atomic E-state index is 13.9. The fourth-order valence-electron chi connectivity index (χ4n) is 8.05. The predicted octanol–water partition coefficient (Wildman–Crippen LogP) is 8.31. The first kappa shape index (κ1) is 38.4. The minimum atomic E-state index is -0.384. The van der Waals surface area contributed by atoms with Gasteiger partial charge in [0.05, 0.1) is 35.9 Å². The minimum absolute atomic E-state index is 0.0270. The van der Waals surface area contributed by atoms with E-state index in [9.17, 15) is 9.59 Å². The molecule has 2 N–H and O–H groups in total. The molecule has 7 rings (SSSR count). The number of imidazole rings is 2. The van der Waals surface area contributed by atoms with Crippen LogP contribution in [-0.2, 0) is 9.59 Å². The lowest BCUT2D eigenvalue weighted by Crippen LogP contribution is -2.40. The number of aromatic amines is 2. The van der Waals surface area contributed by atoms with Crippen molar-refractivity contribution in [3.05, 3.63) is 144 Å². The molecule has 1 fully saturated rings. The average molecular weight is 749 g/mol. The van der Waals surface area contributed by atoms with Gasteiger partial charge < -0.3 is 19.8 Å². The largest absolute Gasteiger partial charge is 0.340 e. The van der Waals surface area contributed by atoms with Crippen molar-refractivity contribution in [2.24, 2.45) is 0 Å². The molecule has 2 amide bonds. The molecule has 56 heavy (non-hydrogen) atoms. The highest BCUT2D eigenvalue weighted by Crippen LogP contribution is 2.36. The summed E-state index contributed by atoms with van der Waals surface area (Å²) >= 11 is 0. The van der Waals surface area contributed by atoms with Crippen LogP contribution in [0.4, 0.5) is 0 Å². The Hall–Kier alpha value is -5.84. The zero-order valence-electron chi connectivity index (χ0n) is 33.2. The summed E-state index contributed by atoms with van der Waals surface area (Å²) in [6.45, 7) is 2.80. The number of rotatable bonds is 13. The Morgan fingerprint density at radius 2 is 1.18 bits per heavy atom. The highest BCUT2D eigenvalue weighted by molar-refractivity contribution is 5.84. The van der Waals surface area contributed by atoms with Crippen LogP contribution in [0.3, 0.4) is 0 Å². The number of hydrogen-bond acceptors (Lipinski definition) is 6. The van der Waals surface area contributed by atoms with E-state index in [1.54, 1.807) is 0 Å². The van der Waals surface area contributed by atoms with Gasteiger partial charge in [-0.3, -0.25) is 19.4 Å². The molecule has 2 aromatic heterocycles. The van der Waals surface area contributed by atoms with Gasteiger partial charge in [0.2, 0.25) is 11.8 Å². The molecule has 0 spiro atoms. The van der Waals surface area contributed by atoms with Crippen molar-refractivity contribution in [2.75, 3.05) is 41.8 Å². The summed E-state index contributed by atoms with van der Waals surface area (Å²) in [5.74, 6) is 1.72. The topological polar surface area (TPSA) is 104 Å². The molecular formula is C46H52N8O2. The van der Waals surface area contributed by atoms with Crippen molar-refractivity contribution in [2.45, 2.75) is 50.4 Å². The summed E-state index contributed by atoms with van der Waals surface area (Å²) in [7, 11) is 9.65. The predicted molar refractivity (Wildman–Crippen MR) is 222 cm³/mol. The van der Waals surface area contributed by atoms with E-state index in [2.05, 4.69) is 65.4 Å². The van der Waals surface area contributed by atoms with Crippen LogP contribution < -0.4 is 0 Å². The van der Waals surface area contributed by atoms with Gasteiger partial charge >= 0.3 is 0 Å². The van der Waals surface area contributed by atoms with Gasteiger partial charge in [0.25, 0.3) is 0 Å². The number of H-pyrrole nitrogens is 2. The molecule has 4 atom stereocenters. The first-order valence-corrected chi connectivity index (χ1v) is 19.5. The molecule has 10 heteroatoms. The first-order valence-electron chi connectivity index (χ1n) is 19.5. The molecule has 288 valence electrons. The second-order valence-electron chi connectivity index (χ2n) is 15.1. The number of nitrogens with zero attached hydrogens (tertiary/aromatic N) is 6. The molecule has 10 nitrogen and oxygen atoms in total. The number of benzene rings is 4. The molecule has 1 unspecified atom stereocenters. The summed E-state index contributed by atoms with van der Waals surface area (Å²) in [5, 5.41) is 0. The number of aromatic nitrogens is 4. The number of hydrogen-bond donors (Lipinski definition) is 2. The smallest absolute Gasteiger partial charge is 0.245 e. The molecular weight excluding hydrogens is 697 g/mol. The minimum Gasteiger partial charge on any atom is -0.340 e. The monoisotopic (exact) mass is 748 g/mol. The fourth-order valence-corrected chi connectivity index (χ4v) is 8.05. The van der Waals surface area contributed by atoms with Crippen molar-refractivity contribution in [3.63, 3.8) is 0 Å². The van der Waals surface area contributed by atoms with Crippen LogP contribution in [0.25, 0.3) is 33.6 Å². The van der Waals surface area contributed by atoms with Crippen molar-refractivity contribution in [1.82, 2.24) is 39.5 Å². The van der Waals surface area contributed by atoms with E-state index in [4.69, 9.17) is 9.97 Å². The van der Waals surface area contributed by atoms with Gasteiger partial charge in [0.1, 0.15) is 23.7 Å². The summed E-state index contributed by atoms with van der Waals surface area (Å²) in [5.41, 5.74) is 8.06. The Morgan fingerprint density at radius 1 is 0.679 bits per heavy atom. The van der Waals surface area contributed by atoms with Gasteiger partial charge in [0, 0.05) is 13.6 Å². The molecule has 6 aromatic rings. The average Bonchev–Trinajstić information content (AvgIpc) is 4.01. The molecule has 0 bridgehead atoms. The second-order valence-corrected chi connectivity index (χ2v) is 15.1. The third-order valence-electron chi connectivity index (χ3n) is 11.0. The quantitative estimate of drug-likeness (QED) is 0.123. The SMILES string of the molecule is CC[C@@H](c1ncc(-c2ccc(-c3ccc(-c4cnc([C@@H]5CCCN5C(=O)C(c5ccccc5)N(C)C)[nH]4)cc3)cc2)[nH]1)N(C)C(=O)[C@@H](c1ccccc1)N(C)C. The Bertz CT molecular complexity index is 2130. The van der Waals surface area contributed by atoms with E-state index in [0.717, 1.165) is 82.2 Å². The van der Waals surface area contributed by atoms with Crippen LogP contribution in [0.5, 0.6) is 0 Å². The summed E-state index contributed by atoms with van der Waals surface area (Å²) in [6.07, 6.45) is 6.28. The number of carbonyl (C=O) groups excluding carboxylic acids is 2. The van der Waals surface area contributed by atoms with Gasteiger partial charge in [-0.2, -0.15) is 0 Å². The molecule has 4 aromatic carbocycles. The van der Waals surface area contributed by atoms with Gasteiger partial charge in [0.15, 0.2) is 0 Å². The van der Waals surface area contributed by atoms with Crippen LogP contribution in [0.1, 0.15) is 73.1 Å². The van der Waals surface area contributed by atoms with Crippen LogP contribution in [-0.4, -0.2) is 93.1 Å². The van der Waals surface area contributed by atoms with Gasteiger partial charge in [-0.25, -0.2) is 9.97 Å². The molecule has 1 aliphatic rings. The number of likely N-dealkylation sites (N-methyl/N-ethyl adjacent to an activating group) is 3. The molecule has 0 radical (unpaired) electrons. The molecule has 0 saturated carbocycles. The zero-order valence-corrected chi connectivity index (χ0v) is 33.2.